The molecule has 0 aliphatic carbocycles. The van der Waals surface area contributed by atoms with Crippen LogP contribution in [0.15, 0.2) is 22.9 Å². The van der Waals surface area contributed by atoms with Gasteiger partial charge in [0.25, 0.3) is 0 Å². The van der Waals surface area contributed by atoms with Gasteiger partial charge >= 0.3 is 6.03 Å². The monoisotopic (exact) mass is 284 g/mol. The number of aromatic nitrogens is 1. The van der Waals surface area contributed by atoms with Crippen LogP contribution in [0.5, 0.6) is 0 Å². The maximum Gasteiger partial charge on any atom is 0.334 e. The normalized spacial score (nSPS) is 16.8. The van der Waals surface area contributed by atoms with Gasteiger partial charge in [-0.2, -0.15) is 0 Å². The summed E-state index contributed by atoms with van der Waals surface area (Å²) < 4.78 is 0.916. The van der Waals surface area contributed by atoms with Crippen LogP contribution in [0.2, 0.25) is 0 Å². The molecule has 1 aromatic heterocycles. The molecule has 5 nitrogen and oxygen atoms in total. The number of hydrogen-bond acceptors (Lipinski definition) is 3. The van der Waals surface area contributed by atoms with Gasteiger partial charge in [-0.3, -0.25) is 9.99 Å². The van der Waals surface area contributed by atoms with E-state index in [0.717, 1.165) is 23.0 Å². The first-order chi connectivity index (χ1) is 7.66. The zero-order chi connectivity index (χ0) is 11.5. The first kappa shape index (κ1) is 11.3. The van der Waals surface area contributed by atoms with E-state index >= 15 is 0 Å². The molecule has 0 spiro atoms. The molecular weight excluding hydrogens is 272 g/mol. The fourth-order valence-corrected chi connectivity index (χ4v) is 2.13. The van der Waals surface area contributed by atoms with E-state index < -0.39 is 0 Å². The second kappa shape index (κ2) is 4.80. The summed E-state index contributed by atoms with van der Waals surface area (Å²) >= 11 is 3.35. The molecule has 0 aromatic carbocycles. The summed E-state index contributed by atoms with van der Waals surface area (Å²) in [5, 5.41) is 1.26. The third-order valence-electron chi connectivity index (χ3n) is 2.48. The average molecular weight is 285 g/mol. The fourth-order valence-electron chi connectivity index (χ4n) is 1.71. The van der Waals surface area contributed by atoms with E-state index in [4.69, 9.17) is 5.84 Å². The van der Waals surface area contributed by atoms with Crippen molar-refractivity contribution in [3.8, 4) is 0 Å². The topological polar surface area (TPSA) is 62.5 Å². The summed E-state index contributed by atoms with van der Waals surface area (Å²) in [5.41, 5.74) is 0.998. The van der Waals surface area contributed by atoms with Gasteiger partial charge in [0.2, 0.25) is 0 Å². The summed E-state index contributed by atoms with van der Waals surface area (Å²) in [7, 11) is 0. The summed E-state index contributed by atoms with van der Waals surface area (Å²) in [6, 6.07) is 1.83. The highest BCUT2D eigenvalue weighted by Gasteiger charge is 2.23. The molecule has 1 aliphatic rings. The van der Waals surface area contributed by atoms with Crippen molar-refractivity contribution in [2.45, 2.75) is 13.0 Å². The van der Waals surface area contributed by atoms with E-state index in [2.05, 4.69) is 20.9 Å². The molecule has 2 heterocycles. The number of rotatable bonds is 2. The number of nitrogens with zero attached hydrogens (tertiary/aromatic N) is 3. The minimum Gasteiger partial charge on any atom is -0.319 e. The molecule has 1 aliphatic heterocycles. The lowest BCUT2D eigenvalue weighted by molar-refractivity contribution is 0.127. The Balaban J connectivity index is 2.06. The van der Waals surface area contributed by atoms with Crippen LogP contribution < -0.4 is 5.84 Å². The molecule has 0 radical (unpaired) electrons. The molecule has 16 heavy (non-hydrogen) atoms. The van der Waals surface area contributed by atoms with Crippen molar-refractivity contribution in [2.24, 2.45) is 5.84 Å². The molecule has 0 unspecified atom stereocenters. The van der Waals surface area contributed by atoms with Crippen molar-refractivity contribution in [3.63, 3.8) is 0 Å². The first-order valence-electron chi connectivity index (χ1n) is 5.07. The van der Waals surface area contributed by atoms with Crippen LogP contribution in [0.25, 0.3) is 0 Å². The van der Waals surface area contributed by atoms with Crippen molar-refractivity contribution in [1.82, 2.24) is 14.9 Å². The van der Waals surface area contributed by atoms with Crippen molar-refractivity contribution in [3.05, 3.63) is 28.5 Å². The molecule has 0 bridgehead atoms. The van der Waals surface area contributed by atoms with Gasteiger partial charge in [0.1, 0.15) is 0 Å². The molecule has 0 atom stereocenters. The van der Waals surface area contributed by atoms with Gasteiger partial charge in [-0.15, -0.1) is 0 Å². The summed E-state index contributed by atoms with van der Waals surface area (Å²) in [6.45, 7) is 1.93. The Morgan fingerprint density at radius 1 is 1.44 bits per heavy atom. The predicted molar refractivity (Wildman–Crippen MR) is 63.3 cm³/mol. The summed E-state index contributed by atoms with van der Waals surface area (Å²) in [4.78, 5) is 17.5. The zero-order valence-electron chi connectivity index (χ0n) is 8.77. The van der Waals surface area contributed by atoms with Gasteiger partial charge in [0, 0.05) is 36.5 Å². The molecule has 2 rings (SSSR count). The van der Waals surface area contributed by atoms with Crippen LogP contribution in [-0.2, 0) is 6.54 Å². The Morgan fingerprint density at radius 2 is 2.25 bits per heavy atom. The quantitative estimate of drug-likeness (QED) is 0.659. The van der Waals surface area contributed by atoms with E-state index in [1.54, 1.807) is 17.3 Å². The minimum atomic E-state index is -0.119. The largest absolute Gasteiger partial charge is 0.334 e. The smallest absolute Gasteiger partial charge is 0.319 e. The third-order valence-corrected chi connectivity index (χ3v) is 2.91. The molecule has 1 fully saturated rings. The third kappa shape index (κ3) is 2.51. The lowest BCUT2D eigenvalue weighted by Crippen LogP contribution is -2.52. The van der Waals surface area contributed by atoms with Crippen LogP contribution in [0.4, 0.5) is 4.79 Å². The summed E-state index contributed by atoms with van der Waals surface area (Å²) in [5.74, 6) is 5.57. The fraction of sp³-hybridized carbons (Fsp3) is 0.400. The molecule has 86 valence electrons. The predicted octanol–water partition coefficient (Wildman–Crippen LogP) is 1.35. The van der Waals surface area contributed by atoms with E-state index in [0.29, 0.717) is 13.1 Å². The highest BCUT2D eigenvalue weighted by atomic mass is 79.9. The van der Waals surface area contributed by atoms with Crippen LogP contribution in [-0.4, -0.2) is 34.0 Å². The number of urea groups is 1. The molecule has 6 heteroatoms. The van der Waals surface area contributed by atoms with Crippen molar-refractivity contribution >= 4 is 22.0 Å². The van der Waals surface area contributed by atoms with E-state index in [1.807, 2.05) is 6.07 Å². The molecule has 0 saturated carbocycles. The molecule has 2 amide bonds. The second-order valence-corrected chi connectivity index (χ2v) is 4.68. The van der Waals surface area contributed by atoms with Gasteiger partial charge in [-0.1, -0.05) is 0 Å². The van der Waals surface area contributed by atoms with Crippen molar-refractivity contribution in [2.75, 3.05) is 13.1 Å². The highest BCUT2D eigenvalue weighted by molar-refractivity contribution is 9.10. The maximum atomic E-state index is 11.7. The van der Waals surface area contributed by atoms with E-state index in [1.165, 1.54) is 5.01 Å². The first-order valence-corrected chi connectivity index (χ1v) is 5.86. The number of hydrazine groups is 1. The number of carbonyl (C=O) groups is 1. The summed E-state index contributed by atoms with van der Waals surface area (Å²) in [6.07, 6.45) is 4.38. The molecule has 1 aromatic rings. The van der Waals surface area contributed by atoms with Gasteiger partial charge in [-0.05, 0) is 34.0 Å². The molecule has 2 N–H and O–H groups in total. The van der Waals surface area contributed by atoms with Gasteiger partial charge < -0.3 is 4.90 Å². The SMILES string of the molecule is NN1CCCN(Cc2cncc(Br)c2)C1=O. The number of amides is 2. The zero-order valence-corrected chi connectivity index (χ0v) is 10.4. The Kier molecular flexibility index (Phi) is 3.40. The maximum absolute atomic E-state index is 11.7. The highest BCUT2D eigenvalue weighted by Crippen LogP contribution is 2.14. The molecular formula is C10H13BrN4O. The number of pyridine rings is 1. The van der Waals surface area contributed by atoms with Gasteiger partial charge in [-0.25, -0.2) is 10.6 Å². The standard InChI is InChI=1S/C10H13BrN4O/c11-9-4-8(5-13-6-9)7-14-2-1-3-15(12)10(14)16/h4-6H,1-3,7,12H2. The Morgan fingerprint density at radius 3 is 3.00 bits per heavy atom. The van der Waals surface area contributed by atoms with E-state index in [-0.39, 0.29) is 6.03 Å². The Hall–Kier alpha value is -1.14. The lowest BCUT2D eigenvalue weighted by atomic mass is 10.2. The van der Waals surface area contributed by atoms with Gasteiger partial charge in [0.15, 0.2) is 0 Å². The number of halogens is 1. The van der Waals surface area contributed by atoms with Crippen LogP contribution in [0, 0.1) is 0 Å². The van der Waals surface area contributed by atoms with E-state index in [9.17, 15) is 4.79 Å². The second-order valence-electron chi connectivity index (χ2n) is 3.76. The Labute approximate surface area is 102 Å². The minimum absolute atomic E-state index is 0.119. The number of nitrogens with two attached hydrogens (primary N) is 1. The number of hydrogen-bond donors (Lipinski definition) is 1. The van der Waals surface area contributed by atoms with Gasteiger partial charge in [0.05, 0.1) is 0 Å². The van der Waals surface area contributed by atoms with Crippen LogP contribution in [0.1, 0.15) is 12.0 Å². The van der Waals surface area contributed by atoms with Crippen molar-refractivity contribution < 1.29 is 4.79 Å². The van der Waals surface area contributed by atoms with Crippen molar-refractivity contribution in [1.29, 1.82) is 0 Å². The average Bonchev–Trinajstić information content (AvgIpc) is 2.25. The lowest BCUT2D eigenvalue weighted by Gasteiger charge is -2.32. The Bertz CT molecular complexity index is 398. The molecule has 1 saturated heterocycles. The van der Waals surface area contributed by atoms with Crippen LogP contribution in [0.3, 0.4) is 0 Å². The van der Waals surface area contributed by atoms with Crippen LogP contribution >= 0.6 is 15.9 Å². The number of carbonyl (C=O) groups excluding carboxylic acids is 1.